The number of thiazole rings is 1. The van der Waals surface area contributed by atoms with Crippen LogP contribution in [0.4, 0.5) is 5.13 Å². The van der Waals surface area contributed by atoms with Crippen LogP contribution in [0.5, 0.6) is 11.5 Å². The number of fused-ring (bicyclic) bond motifs is 1. The van der Waals surface area contributed by atoms with E-state index in [1.165, 1.54) is 11.8 Å². The van der Waals surface area contributed by atoms with E-state index in [4.69, 9.17) is 9.72 Å². The number of carbonyl (C=O) groups is 1. The minimum Gasteiger partial charge on any atom is -0.504 e. The molecule has 0 spiro atoms. The second-order valence-electron chi connectivity index (χ2n) is 6.97. The van der Waals surface area contributed by atoms with E-state index in [2.05, 4.69) is 16.3 Å². The average Bonchev–Trinajstić information content (AvgIpc) is 3.16. The van der Waals surface area contributed by atoms with Crippen molar-refractivity contribution in [1.82, 2.24) is 10.3 Å². The predicted octanol–water partition coefficient (Wildman–Crippen LogP) is 3.54. The largest absolute Gasteiger partial charge is 0.504 e. The van der Waals surface area contributed by atoms with E-state index in [1.54, 1.807) is 23.5 Å². The van der Waals surface area contributed by atoms with Gasteiger partial charge in [0.2, 0.25) is 5.91 Å². The van der Waals surface area contributed by atoms with Crippen LogP contribution in [0.2, 0.25) is 0 Å². The molecule has 1 unspecified atom stereocenters. The summed E-state index contributed by atoms with van der Waals surface area (Å²) < 4.78 is 6.22. The Bertz CT molecular complexity index is 955. The summed E-state index contributed by atoms with van der Waals surface area (Å²) in [5, 5.41) is 13.9. The molecule has 0 bridgehead atoms. The first-order chi connectivity index (χ1) is 13.6. The van der Waals surface area contributed by atoms with Crippen molar-refractivity contribution >= 4 is 32.6 Å². The van der Waals surface area contributed by atoms with Gasteiger partial charge in [-0.1, -0.05) is 29.5 Å². The van der Waals surface area contributed by atoms with Crippen molar-refractivity contribution in [2.24, 2.45) is 5.92 Å². The molecule has 1 aliphatic heterocycles. The molecule has 1 fully saturated rings. The van der Waals surface area contributed by atoms with Crippen molar-refractivity contribution in [3.05, 3.63) is 48.0 Å². The lowest BCUT2D eigenvalue weighted by atomic mass is 9.97. The highest BCUT2D eigenvalue weighted by atomic mass is 32.1. The van der Waals surface area contributed by atoms with Crippen LogP contribution < -0.4 is 15.0 Å². The van der Waals surface area contributed by atoms with Crippen molar-refractivity contribution in [3.63, 3.8) is 0 Å². The maximum atomic E-state index is 12.7. The number of carbonyl (C=O) groups excluding carboxylic acids is 1. The van der Waals surface area contributed by atoms with Gasteiger partial charge in [-0.15, -0.1) is 0 Å². The number of rotatable bonds is 5. The van der Waals surface area contributed by atoms with E-state index in [0.29, 0.717) is 18.8 Å². The van der Waals surface area contributed by atoms with Gasteiger partial charge in [0.25, 0.3) is 0 Å². The first kappa shape index (κ1) is 18.6. The molecule has 1 saturated heterocycles. The quantitative estimate of drug-likeness (QED) is 0.689. The highest BCUT2D eigenvalue weighted by molar-refractivity contribution is 7.22. The number of hydrogen-bond donors (Lipinski definition) is 2. The van der Waals surface area contributed by atoms with E-state index in [9.17, 15) is 9.90 Å². The van der Waals surface area contributed by atoms with Gasteiger partial charge < -0.3 is 20.1 Å². The molecular weight excluding hydrogens is 374 g/mol. The molecule has 0 saturated carbocycles. The fourth-order valence-corrected chi connectivity index (χ4v) is 4.54. The molecule has 2 aromatic carbocycles. The lowest BCUT2D eigenvalue weighted by molar-refractivity contribution is -0.125. The Kier molecular flexibility index (Phi) is 5.34. The van der Waals surface area contributed by atoms with Crippen LogP contribution in [0.3, 0.4) is 0 Å². The van der Waals surface area contributed by atoms with Crippen LogP contribution in [-0.2, 0) is 11.3 Å². The summed E-state index contributed by atoms with van der Waals surface area (Å²) >= 11 is 1.68. The van der Waals surface area contributed by atoms with Gasteiger partial charge in [-0.25, -0.2) is 4.98 Å². The molecule has 1 amide bonds. The maximum absolute atomic E-state index is 12.7. The second-order valence-corrected chi connectivity index (χ2v) is 7.98. The third kappa shape index (κ3) is 3.89. The van der Waals surface area contributed by atoms with E-state index in [0.717, 1.165) is 35.6 Å². The molecule has 4 rings (SSSR count). The molecule has 6 nitrogen and oxygen atoms in total. The van der Waals surface area contributed by atoms with E-state index in [-0.39, 0.29) is 17.6 Å². The molecule has 1 aliphatic rings. The average molecular weight is 398 g/mol. The Morgan fingerprint density at radius 1 is 1.36 bits per heavy atom. The minimum atomic E-state index is -0.0624. The Balaban J connectivity index is 1.38. The Morgan fingerprint density at radius 2 is 2.21 bits per heavy atom. The summed E-state index contributed by atoms with van der Waals surface area (Å²) in [6, 6.07) is 13.3. The molecule has 2 heterocycles. The highest BCUT2D eigenvalue weighted by Crippen LogP contribution is 2.31. The fourth-order valence-electron chi connectivity index (χ4n) is 3.54. The van der Waals surface area contributed by atoms with Crippen LogP contribution in [0, 0.1) is 5.92 Å². The SMILES string of the molecule is COc1ccc(CNC(=O)C2CCCN(c3nc4ccccc4s3)C2)cc1O. The Hall–Kier alpha value is -2.80. The summed E-state index contributed by atoms with van der Waals surface area (Å²) in [7, 11) is 1.51. The number of aromatic hydroxyl groups is 1. The van der Waals surface area contributed by atoms with Gasteiger partial charge in [0, 0.05) is 19.6 Å². The number of hydrogen-bond acceptors (Lipinski definition) is 6. The number of methoxy groups -OCH3 is 1. The molecule has 2 N–H and O–H groups in total. The number of amides is 1. The lowest BCUT2D eigenvalue weighted by Crippen LogP contribution is -2.42. The lowest BCUT2D eigenvalue weighted by Gasteiger charge is -2.31. The molecule has 0 radical (unpaired) electrons. The number of phenolic OH excluding ortho intramolecular Hbond substituents is 1. The van der Waals surface area contributed by atoms with Gasteiger partial charge in [0.05, 0.1) is 23.2 Å². The third-order valence-corrected chi connectivity index (χ3v) is 6.15. The van der Waals surface area contributed by atoms with Gasteiger partial charge in [-0.05, 0) is 42.7 Å². The number of nitrogens with zero attached hydrogens (tertiary/aromatic N) is 2. The van der Waals surface area contributed by atoms with Crippen LogP contribution in [0.15, 0.2) is 42.5 Å². The van der Waals surface area contributed by atoms with Crippen molar-refractivity contribution in [1.29, 1.82) is 0 Å². The van der Waals surface area contributed by atoms with Crippen LogP contribution >= 0.6 is 11.3 Å². The number of aromatic nitrogens is 1. The number of ether oxygens (including phenoxy) is 1. The molecule has 146 valence electrons. The number of phenols is 1. The number of para-hydroxylation sites is 1. The van der Waals surface area contributed by atoms with Crippen LogP contribution in [-0.4, -0.2) is 36.2 Å². The molecule has 1 aromatic heterocycles. The number of benzene rings is 2. The molecule has 28 heavy (non-hydrogen) atoms. The van der Waals surface area contributed by atoms with Gasteiger partial charge in [0.15, 0.2) is 16.6 Å². The second kappa shape index (κ2) is 8.06. The van der Waals surface area contributed by atoms with Gasteiger partial charge in [0.1, 0.15) is 0 Å². The first-order valence-electron chi connectivity index (χ1n) is 9.38. The number of nitrogens with one attached hydrogen (secondary N) is 1. The summed E-state index contributed by atoms with van der Waals surface area (Å²) in [6.45, 7) is 1.99. The number of anilines is 1. The van der Waals surface area contributed by atoms with Crippen LogP contribution in [0.1, 0.15) is 18.4 Å². The summed E-state index contributed by atoms with van der Waals surface area (Å²) in [6.07, 6.45) is 1.85. The predicted molar refractivity (Wildman–Crippen MR) is 111 cm³/mol. The van der Waals surface area contributed by atoms with Crippen LogP contribution in [0.25, 0.3) is 10.2 Å². The monoisotopic (exact) mass is 397 g/mol. The minimum absolute atomic E-state index is 0.0427. The zero-order valence-electron chi connectivity index (χ0n) is 15.7. The summed E-state index contributed by atoms with van der Waals surface area (Å²) in [5.41, 5.74) is 1.85. The topological polar surface area (TPSA) is 74.7 Å². The van der Waals surface area contributed by atoms with Gasteiger partial charge >= 0.3 is 0 Å². The van der Waals surface area contributed by atoms with Crippen molar-refractivity contribution in [2.45, 2.75) is 19.4 Å². The van der Waals surface area contributed by atoms with Crippen molar-refractivity contribution < 1.29 is 14.6 Å². The third-order valence-electron chi connectivity index (χ3n) is 5.06. The maximum Gasteiger partial charge on any atom is 0.225 e. The molecule has 7 heteroatoms. The van der Waals surface area contributed by atoms with Gasteiger partial charge in [-0.3, -0.25) is 4.79 Å². The zero-order valence-corrected chi connectivity index (χ0v) is 16.5. The van der Waals surface area contributed by atoms with Crippen molar-refractivity contribution in [3.8, 4) is 11.5 Å². The summed E-state index contributed by atoms with van der Waals surface area (Å²) in [5.74, 6) is 0.483. The molecule has 3 aromatic rings. The Morgan fingerprint density at radius 3 is 3.00 bits per heavy atom. The summed E-state index contributed by atoms with van der Waals surface area (Å²) in [4.78, 5) is 19.6. The molecule has 0 aliphatic carbocycles. The van der Waals surface area contributed by atoms with E-state index in [1.807, 2.05) is 24.3 Å². The highest BCUT2D eigenvalue weighted by Gasteiger charge is 2.27. The standard InChI is InChI=1S/C21H23N3O3S/c1-27-18-9-8-14(11-17(18)25)12-22-20(26)15-5-4-10-24(13-15)21-23-16-6-2-3-7-19(16)28-21/h2-3,6-9,11,15,25H,4-5,10,12-13H2,1H3,(H,22,26). The zero-order chi connectivity index (χ0) is 19.5. The first-order valence-corrected chi connectivity index (χ1v) is 10.2. The normalized spacial score (nSPS) is 16.9. The van der Waals surface area contributed by atoms with Crippen molar-refractivity contribution in [2.75, 3.05) is 25.1 Å². The smallest absolute Gasteiger partial charge is 0.225 e. The molecular formula is C21H23N3O3S. The van der Waals surface area contributed by atoms with Gasteiger partial charge in [-0.2, -0.15) is 0 Å². The Labute approximate surface area is 167 Å². The van der Waals surface area contributed by atoms with E-state index >= 15 is 0 Å². The van der Waals surface area contributed by atoms with E-state index < -0.39 is 0 Å². The molecule has 1 atom stereocenters. The fraction of sp³-hybridized carbons (Fsp3) is 0.333. The number of piperidine rings is 1.